The Bertz CT molecular complexity index is 568. The van der Waals surface area contributed by atoms with Gasteiger partial charge in [-0.25, -0.2) is 0 Å². The van der Waals surface area contributed by atoms with Gasteiger partial charge < -0.3 is 4.90 Å². The van der Waals surface area contributed by atoms with E-state index in [-0.39, 0.29) is 5.41 Å². The average molecular weight is 267 g/mol. The van der Waals surface area contributed by atoms with Crippen LogP contribution in [0.15, 0.2) is 42.5 Å². The van der Waals surface area contributed by atoms with Gasteiger partial charge in [0, 0.05) is 18.4 Å². The molecule has 0 fully saturated rings. The second-order valence-corrected chi connectivity index (χ2v) is 6.60. The Morgan fingerprint density at radius 1 is 0.800 bits per heavy atom. The van der Waals surface area contributed by atoms with E-state index < -0.39 is 0 Å². The van der Waals surface area contributed by atoms with E-state index in [0.29, 0.717) is 0 Å². The van der Waals surface area contributed by atoms with Gasteiger partial charge in [-0.05, 0) is 48.1 Å². The Morgan fingerprint density at radius 3 is 1.75 bits per heavy atom. The molecule has 20 heavy (non-hydrogen) atoms. The molecular weight excluding hydrogens is 242 g/mol. The van der Waals surface area contributed by atoms with Crippen LogP contribution in [0.25, 0.3) is 0 Å². The average Bonchev–Trinajstić information content (AvgIpc) is 2.37. The lowest BCUT2D eigenvalue weighted by atomic mass is 9.87. The Hall–Kier alpha value is -1.76. The van der Waals surface area contributed by atoms with Crippen molar-refractivity contribution in [1.29, 1.82) is 0 Å². The fourth-order valence-electron chi connectivity index (χ4n) is 2.65. The smallest absolute Gasteiger partial charge is 0.0467 e. The highest BCUT2D eigenvalue weighted by atomic mass is 15.1. The summed E-state index contributed by atoms with van der Waals surface area (Å²) in [4.78, 5) is 2.27. The van der Waals surface area contributed by atoms with E-state index in [2.05, 4.69) is 89.0 Å². The molecule has 0 amide bonds. The van der Waals surface area contributed by atoms with Gasteiger partial charge in [0.05, 0.1) is 0 Å². The zero-order valence-corrected chi connectivity index (χ0v) is 13.5. The van der Waals surface area contributed by atoms with Gasteiger partial charge in [0.25, 0.3) is 0 Å². The lowest BCUT2D eigenvalue weighted by Crippen LogP contribution is -2.14. The molecule has 2 aromatic rings. The number of nitrogens with zero attached hydrogens (tertiary/aromatic N) is 1. The Labute approximate surface area is 123 Å². The van der Waals surface area contributed by atoms with E-state index in [1.54, 1.807) is 0 Å². The molecule has 0 bridgehead atoms. The highest BCUT2D eigenvalue weighted by Crippen LogP contribution is 2.31. The first-order chi connectivity index (χ1) is 9.30. The summed E-state index contributed by atoms with van der Waals surface area (Å²) >= 11 is 0. The molecule has 0 heterocycles. The van der Waals surface area contributed by atoms with E-state index in [0.717, 1.165) is 0 Å². The first-order valence-corrected chi connectivity index (χ1v) is 7.21. The van der Waals surface area contributed by atoms with Crippen molar-refractivity contribution in [2.45, 2.75) is 40.0 Å². The van der Waals surface area contributed by atoms with Crippen molar-refractivity contribution in [3.05, 3.63) is 59.2 Å². The van der Waals surface area contributed by atoms with Gasteiger partial charge in [-0.2, -0.15) is 0 Å². The summed E-state index contributed by atoms with van der Waals surface area (Å²) in [5.74, 6) is 0. The summed E-state index contributed by atoms with van der Waals surface area (Å²) in [5, 5.41) is 0. The number of benzene rings is 2. The van der Waals surface area contributed by atoms with Crippen molar-refractivity contribution in [3.8, 4) is 0 Å². The van der Waals surface area contributed by atoms with Crippen LogP contribution in [-0.2, 0) is 5.41 Å². The molecule has 0 N–H and O–H groups in total. The number of aryl methyl sites for hydroxylation is 2. The molecule has 1 heteroatoms. The zero-order valence-electron chi connectivity index (χ0n) is 13.5. The molecule has 2 aromatic carbocycles. The second-order valence-electron chi connectivity index (χ2n) is 6.60. The van der Waals surface area contributed by atoms with Gasteiger partial charge in [0.1, 0.15) is 0 Å². The monoisotopic (exact) mass is 267 g/mol. The van der Waals surface area contributed by atoms with Crippen molar-refractivity contribution in [2.24, 2.45) is 0 Å². The summed E-state index contributed by atoms with van der Waals surface area (Å²) in [6.07, 6.45) is 0. The number of hydrogen-bond donors (Lipinski definition) is 0. The van der Waals surface area contributed by atoms with Crippen LogP contribution in [0.1, 0.15) is 37.5 Å². The van der Waals surface area contributed by atoms with Crippen LogP contribution in [0, 0.1) is 13.8 Å². The van der Waals surface area contributed by atoms with Crippen LogP contribution >= 0.6 is 0 Å². The minimum Gasteiger partial charge on any atom is -0.344 e. The van der Waals surface area contributed by atoms with Gasteiger partial charge in [-0.1, -0.05) is 51.1 Å². The predicted molar refractivity (Wildman–Crippen MR) is 89.1 cm³/mol. The molecule has 0 aromatic heterocycles. The fraction of sp³-hybridized carbons (Fsp3) is 0.368. The third kappa shape index (κ3) is 2.87. The second kappa shape index (κ2) is 5.32. The number of para-hydroxylation sites is 1. The van der Waals surface area contributed by atoms with Crippen LogP contribution in [0.4, 0.5) is 11.4 Å². The van der Waals surface area contributed by atoms with E-state index in [9.17, 15) is 0 Å². The topological polar surface area (TPSA) is 3.24 Å². The molecule has 0 aliphatic rings. The van der Waals surface area contributed by atoms with E-state index in [1.165, 1.54) is 28.1 Å². The Balaban J connectivity index is 2.37. The molecule has 0 unspecified atom stereocenters. The highest BCUT2D eigenvalue weighted by molar-refractivity contribution is 5.69. The van der Waals surface area contributed by atoms with E-state index >= 15 is 0 Å². The quantitative estimate of drug-likeness (QED) is 0.707. The van der Waals surface area contributed by atoms with Crippen molar-refractivity contribution in [1.82, 2.24) is 0 Å². The maximum atomic E-state index is 2.27. The van der Waals surface area contributed by atoms with Crippen LogP contribution < -0.4 is 4.90 Å². The van der Waals surface area contributed by atoms with Crippen molar-refractivity contribution >= 4 is 11.4 Å². The first kappa shape index (κ1) is 14.6. The van der Waals surface area contributed by atoms with Crippen LogP contribution in [0.3, 0.4) is 0 Å². The minimum absolute atomic E-state index is 0.204. The largest absolute Gasteiger partial charge is 0.344 e. The Morgan fingerprint density at radius 2 is 1.30 bits per heavy atom. The predicted octanol–water partition coefficient (Wildman–Crippen LogP) is 5.37. The summed E-state index contributed by atoms with van der Waals surface area (Å²) < 4.78 is 0. The minimum atomic E-state index is 0.204. The maximum Gasteiger partial charge on any atom is 0.0467 e. The molecule has 0 atom stereocenters. The number of rotatable bonds is 2. The van der Waals surface area contributed by atoms with E-state index in [1.807, 2.05) is 0 Å². The zero-order chi connectivity index (χ0) is 14.9. The lowest BCUT2D eigenvalue weighted by molar-refractivity contribution is 0.590. The molecule has 0 saturated carbocycles. The number of hydrogen-bond acceptors (Lipinski definition) is 1. The normalized spacial score (nSPS) is 11.5. The third-order valence-electron chi connectivity index (χ3n) is 3.90. The summed E-state index contributed by atoms with van der Waals surface area (Å²) in [6.45, 7) is 11.1. The molecule has 0 aliphatic heterocycles. The van der Waals surface area contributed by atoms with Crippen LogP contribution in [0.5, 0.6) is 0 Å². The molecular formula is C19H25N. The van der Waals surface area contributed by atoms with Gasteiger partial charge in [-0.3, -0.25) is 0 Å². The highest BCUT2D eigenvalue weighted by Gasteiger charge is 2.14. The van der Waals surface area contributed by atoms with Gasteiger partial charge in [-0.15, -0.1) is 0 Å². The summed E-state index contributed by atoms with van der Waals surface area (Å²) in [5.41, 5.74) is 6.73. The van der Waals surface area contributed by atoms with Crippen LogP contribution in [-0.4, -0.2) is 7.05 Å². The lowest BCUT2D eigenvalue weighted by Gasteiger charge is -2.25. The SMILES string of the molecule is Cc1cccc(C)c1N(C)c1ccc(C(C)(C)C)cc1. The molecule has 1 nitrogen and oxygen atoms in total. The van der Waals surface area contributed by atoms with Gasteiger partial charge in [0.2, 0.25) is 0 Å². The molecule has 106 valence electrons. The summed E-state index contributed by atoms with van der Waals surface area (Å²) in [6, 6.07) is 15.4. The Kier molecular flexibility index (Phi) is 3.89. The fourth-order valence-corrected chi connectivity index (χ4v) is 2.65. The molecule has 0 aliphatic carbocycles. The van der Waals surface area contributed by atoms with Gasteiger partial charge in [0.15, 0.2) is 0 Å². The summed E-state index contributed by atoms with van der Waals surface area (Å²) in [7, 11) is 2.14. The van der Waals surface area contributed by atoms with E-state index in [4.69, 9.17) is 0 Å². The number of anilines is 2. The third-order valence-corrected chi connectivity index (χ3v) is 3.90. The molecule has 2 rings (SSSR count). The standard InChI is InChI=1S/C19H25N/c1-14-8-7-9-15(2)18(14)20(6)17-12-10-16(11-13-17)19(3,4)5/h7-13H,1-6H3. The molecule has 0 saturated heterocycles. The molecule has 0 radical (unpaired) electrons. The van der Waals surface area contributed by atoms with Gasteiger partial charge >= 0.3 is 0 Å². The van der Waals surface area contributed by atoms with Crippen molar-refractivity contribution in [3.63, 3.8) is 0 Å². The molecule has 0 spiro atoms. The van der Waals surface area contributed by atoms with Crippen LogP contribution in [0.2, 0.25) is 0 Å². The maximum absolute atomic E-state index is 2.27. The van der Waals surface area contributed by atoms with Crippen molar-refractivity contribution in [2.75, 3.05) is 11.9 Å². The van der Waals surface area contributed by atoms with Crippen molar-refractivity contribution < 1.29 is 0 Å². The first-order valence-electron chi connectivity index (χ1n) is 7.21.